The summed E-state index contributed by atoms with van der Waals surface area (Å²) in [6.07, 6.45) is 2.94. The quantitative estimate of drug-likeness (QED) is 0.452. The Bertz CT molecular complexity index is 1310. The summed E-state index contributed by atoms with van der Waals surface area (Å²) in [6, 6.07) is 20.0. The van der Waals surface area contributed by atoms with E-state index in [9.17, 15) is 14.0 Å². The zero-order valence-electron chi connectivity index (χ0n) is 17.6. The molecule has 0 unspecified atom stereocenters. The Kier molecular flexibility index (Phi) is 6.36. The van der Waals surface area contributed by atoms with E-state index in [1.165, 1.54) is 37.5 Å². The fourth-order valence-corrected chi connectivity index (χ4v) is 3.08. The van der Waals surface area contributed by atoms with Gasteiger partial charge in [-0.15, -0.1) is 0 Å². The minimum Gasteiger partial charge on any atom is -0.454 e. The molecule has 0 fully saturated rings. The Morgan fingerprint density at radius 1 is 0.818 bits per heavy atom. The summed E-state index contributed by atoms with van der Waals surface area (Å²) in [7, 11) is 1.48. The molecule has 2 aromatic heterocycles. The molecule has 0 saturated heterocycles. The number of rotatable bonds is 6. The van der Waals surface area contributed by atoms with Crippen LogP contribution in [0, 0.1) is 5.82 Å². The normalized spacial score (nSPS) is 10.4. The van der Waals surface area contributed by atoms with Crippen LogP contribution in [0.15, 0.2) is 85.2 Å². The van der Waals surface area contributed by atoms with Crippen molar-refractivity contribution in [2.24, 2.45) is 0 Å². The first-order chi connectivity index (χ1) is 16.0. The molecule has 33 heavy (non-hydrogen) atoms. The third-order valence-electron chi connectivity index (χ3n) is 4.71. The van der Waals surface area contributed by atoms with Gasteiger partial charge < -0.3 is 15.4 Å². The third kappa shape index (κ3) is 5.19. The summed E-state index contributed by atoms with van der Waals surface area (Å²) in [5.74, 6) is -1.35. The van der Waals surface area contributed by atoms with Gasteiger partial charge in [0.15, 0.2) is 11.6 Å². The summed E-state index contributed by atoms with van der Waals surface area (Å²) in [5.41, 5.74) is 2.40. The van der Waals surface area contributed by atoms with E-state index in [-0.39, 0.29) is 34.5 Å². The fraction of sp³-hybridized carbons (Fsp3) is 0.0400. The number of hydrogen-bond acceptors (Lipinski definition) is 5. The van der Waals surface area contributed by atoms with Crippen molar-refractivity contribution >= 4 is 17.5 Å². The van der Waals surface area contributed by atoms with E-state index in [4.69, 9.17) is 4.74 Å². The highest BCUT2D eigenvalue weighted by Crippen LogP contribution is 2.27. The molecule has 2 N–H and O–H groups in total. The predicted octanol–water partition coefficient (Wildman–Crippen LogP) is 4.69. The van der Waals surface area contributed by atoms with Gasteiger partial charge in [-0.3, -0.25) is 19.6 Å². The maximum Gasteiger partial charge on any atom is 0.274 e. The highest BCUT2D eigenvalue weighted by atomic mass is 19.1. The lowest BCUT2D eigenvalue weighted by molar-refractivity contribution is 0.0957. The summed E-state index contributed by atoms with van der Waals surface area (Å²) >= 11 is 0. The van der Waals surface area contributed by atoms with Gasteiger partial charge in [0.1, 0.15) is 17.1 Å². The smallest absolute Gasteiger partial charge is 0.274 e. The summed E-state index contributed by atoms with van der Waals surface area (Å²) in [4.78, 5) is 32.4. The van der Waals surface area contributed by atoms with Crippen LogP contribution in [0.1, 0.15) is 21.0 Å². The Morgan fingerprint density at radius 2 is 1.55 bits per heavy atom. The van der Waals surface area contributed by atoms with E-state index in [0.29, 0.717) is 0 Å². The zero-order valence-corrected chi connectivity index (χ0v) is 17.6. The number of aromatic nitrogens is 2. The van der Waals surface area contributed by atoms with Crippen LogP contribution in [0.3, 0.4) is 0 Å². The molecule has 4 rings (SSSR count). The first-order valence-electron chi connectivity index (χ1n) is 10.0. The predicted molar refractivity (Wildman–Crippen MR) is 122 cm³/mol. The SMILES string of the molecule is CNC(=O)c1cc(Oc2ccc(NC(=O)c3cc(-c4ccccc4)ccn3)cc2F)ccn1. The molecule has 2 amide bonds. The monoisotopic (exact) mass is 442 g/mol. The lowest BCUT2D eigenvalue weighted by Crippen LogP contribution is -2.18. The molecule has 0 aliphatic carbocycles. The second-order valence-electron chi connectivity index (χ2n) is 6.95. The number of ether oxygens (including phenoxy) is 1. The standard InChI is InChI=1S/C25H19FN4O3/c1-27-24(31)22-15-19(10-12-29-22)33-23-8-7-18(14-20(23)26)30-25(32)21-13-17(9-11-28-21)16-5-3-2-4-6-16/h2-15H,1H3,(H,27,31)(H,30,32). The number of nitrogens with one attached hydrogen (secondary N) is 2. The lowest BCUT2D eigenvalue weighted by atomic mass is 10.1. The van der Waals surface area contributed by atoms with Gasteiger partial charge in [-0.05, 0) is 41.5 Å². The van der Waals surface area contributed by atoms with Gasteiger partial charge in [0.2, 0.25) is 0 Å². The molecule has 0 atom stereocenters. The van der Waals surface area contributed by atoms with Crippen LogP contribution >= 0.6 is 0 Å². The van der Waals surface area contributed by atoms with Gasteiger partial charge in [-0.2, -0.15) is 0 Å². The van der Waals surface area contributed by atoms with E-state index in [2.05, 4.69) is 20.6 Å². The van der Waals surface area contributed by atoms with Crippen LogP contribution in [0.25, 0.3) is 11.1 Å². The number of carbonyl (C=O) groups excluding carboxylic acids is 2. The number of nitrogens with zero attached hydrogens (tertiary/aromatic N) is 2. The maximum absolute atomic E-state index is 14.6. The first-order valence-corrected chi connectivity index (χ1v) is 10.0. The summed E-state index contributed by atoms with van der Waals surface area (Å²) < 4.78 is 20.1. The molecule has 0 aliphatic rings. The van der Waals surface area contributed by atoms with E-state index in [1.54, 1.807) is 12.3 Å². The molecule has 8 heteroatoms. The molecule has 2 aromatic carbocycles. The largest absolute Gasteiger partial charge is 0.454 e. The van der Waals surface area contributed by atoms with E-state index >= 15 is 0 Å². The number of anilines is 1. The van der Waals surface area contributed by atoms with Crippen molar-refractivity contribution in [3.05, 3.63) is 102 Å². The van der Waals surface area contributed by atoms with Crippen LogP contribution in [0.5, 0.6) is 11.5 Å². The Labute approximate surface area is 189 Å². The van der Waals surface area contributed by atoms with Gasteiger partial charge in [0.25, 0.3) is 11.8 Å². The number of amides is 2. The summed E-state index contributed by atoms with van der Waals surface area (Å²) in [6.45, 7) is 0. The number of pyridine rings is 2. The van der Waals surface area contributed by atoms with Crippen molar-refractivity contribution in [2.45, 2.75) is 0 Å². The summed E-state index contributed by atoms with van der Waals surface area (Å²) in [5, 5.41) is 5.10. The van der Waals surface area contributed by atoms with Crippen molar-refractivity contribution in [1.29, 1.82) is 0 Å². The molecule has 0 radical (unpaired) electrons. The second-order valence-corrected chi connectivity index (χ2v) is 6.95. The maximum atomic E-state index is 14.6. The van der Waals surface area contributed by atoms with Crippen molar-refractivity contribution in [2.75, 3.05) is 12.4 Å². The van der Waals surface area contributed by atoms with E-state index < -0.39 is 11.7 Å². The van der Waals surface area contributed by atoms with Gasteiger partial charge >= 0.3 is 0 Å². The van der Waals surface area contributed by atoms with Gasteiger partial charge in [0, 0.05) is 37.3 Å². The molecule has 164 valence electrons. The molecule has 0 saturated carbocycles. The molecule has 4 aromatic rings. The number of carbonyl (C=O) groups is 2. The molecule has 0 aliphatic heterocycles. The van der Waals surface area contributed by atoms with Crippen molar-refractivity contribution in [3.63, 3.8) is 0 Å². The second kappa shape index (κ2) is 9.69. The Morgan fingerprint density at radius 3 is 2.27 bits per heavy atom. The van der Waals surface area contributed by atoms with Crippen molar-refractivity contribution < 1.29 is 18.7 Å². The molecule has 0 spiro atoms. The van der Waals surface area contributed by atoms with Crippen molar-refractivity contribution in [3.8, 4) is 22.6 Å². The number of halogens is 1. The zero-order chi connectivity index (χ0) is 23.2. The van der Waals surface area contributed by atoms with Crippen LogP contribution in [-0.2, 0) is 0 Å². The van der Waals surface area contributed by atoms with Gasteiger partial charge in [-0.25, -0.2) is 4.39 Å². The molecule has 2 heterocycles. The molecule has 0 bridgehead atoms. The molecular weight excluding hydrogens is 423 g/mol. The minimum atomic E-state index is -0.683. The number of benzene rings is 2. The first kappa shape index (κ1) is 21.6. The van der Waals surface area contributed by atoms with Gasteiger partial charge in [0.05, 0.1) is 0 Å². The van der Waals surface area contributed by atoms with Crippen molar-refractivity contribution in [1.82, 2.24) is 15.3 Å². The third-order valence-corrected chi connectivity index (χ3v) is 4.71. The fourth-order valence-electron chi connectivity index (χ4n) is 3.08. The topological polar surface area (TPSA) is 93.2 Å². The highest BCUT2D eigenvalue weighted by molar-refractivity contribution is 6.03. The van der Waals surface area contributed by atoms with E-state index in [0.717, 1.165) is 17.2 Å². The minimum absolute atomic E-state index is 0.0637. The molecular formula is C25H19FN4O3. The van der Waals surface area contributed by atoms with Crippen LogP contribution in [-0.4, -0.2) is 28.8 Å². The van der Waals surface area contributed by atoms with E-state index in [1.807, 2.05) is 36.4 Å². The van der Waals surface area contributed by atoms with Gasteiger partial charge in [-0.1, -0.05) is 30.3 Å². The Hall–Kier alpha value is -4.59. The van der Waals surface area contributed by atoms with Crippen LogP contribution in [0.4, 0.5) is 10.1 Å². The average molecular weight is 442 g/mol. The lowest BCUT2D eigenvalue weighted by Gasteiger charge is -2.10. The van der Waals surface area contributed by atoms with Crippen LogP contribution < -0.4 is 15.4 Å². The number of hydrogen-bond donors (Lipinski definition) is 2. The highest BCUT2D eigenvalue weighted by Gasteiger charge is 2.13. The average Bonchev–Trinajstić information content (AvgIpc) is 2.86. The Balaban J connectivity index is 1.48. The molecule has 7 nitrogen and oxygen atoms in total. The van der Waals surface area contributed by atoms with Crippen LogP contribution in [0.2, 0.25) is 0 Å².